The number of anilines is 6. The minimum atomic E-state index is -0.111. The molecule has 324 valence electrons. The summed E-state index contributed by atoms with van der Waals surface area (Å²) in [5, 5.41) is 1.17. The zero-order valence-corrected chi connectivity index (χ0v) is 40.6. The van der Waals surface area contributed by atoms with Crippen LogP contribution in [-0.4, -0.2) is 6.71 Å². The number of nitrogens with zero attached hydrogens (tertiary/aromatic N) is 2. The lowest BCUT2D eigenvalue weighted by atomic mass is 9.35. The molecule has 6 aromatic carbocycles. The third-order valence-electron chi connectivity index (χ3n) is 16.3. The maximum absolute atomic E-state index is 7.37. The highest BCUT2D eigenvalue weighted by molar-refractivity contribution is 7.00. The van der Waals surface area contributed by atoms with E-state index in [0.29, 0.717) is 0 Å². The molecule has 0 N–H and O–H groups in total. The Morgan fingerprint density at radius 1 is 0.547 bits per heavy atom. The molecule has 11 rings (SSSR count). The van der Waals surface area contributed by atoms with E-state index in [1.54, 1.807) is 0 Å². The fourth-order valence-corrected chi connectivity index (χ4v) is 12.1. The molecule has 0 saturated heterocycles. The Kier molecular flexibility index (Phi) is 8.72. The van der Waals surface area contributed by atoms with Gasteiger partial charge in [0, 0.05) is 33.8 Å². The summed E-state index contributed by atoms with van der Waals surface area (Å²) in [6.07, 6.45) is 4.71. The Morgan fingerprint density at radius 2 is 1.11 bits per heavy atom. The van der Waals surface area contributed by atoms with Crippen molar-refractivity contribution in [3.05, 3.63) is 148 Å². The Bertz CT molecular complexity index is 3100. The summed E-state index contributed by atoms with van der Waals surface area (Å²) < 4.78 is 7.37. The Labute approximate surface area is 383 Å². The minimum absolute atomic E-state index is 0.0243. The predicted octanol–water partition coefficient (Wildman–Crippen LogP) is 14.8. The third-order valence-corrected chi connectivity index (χ3v) is 16.3. The largest absolute Gasteiger partial charge is 0.468 e. The van der Waals surface area contributed by atoms with Crippen LogP contribution in [-0.2, 0) is 27.1 Å². The fraction of sp³-hybridized carbons (Fsp3) is 0.367. The van der Waals surface area contributed by atoms with Crippen molar-refractivity contribution in [2.24, 2.45) is 0 Å². The molecular weight excluding hydrogens is 775 g/mol. The normalized spacial score (nSPS) is 18.5. The third kappa shape index (κ3) is 6.06. The molecule has 3 heterocycles. The van der Waals surface area contributed by atoms with Gasteiger partial charge in [-0.3, -0.25) is 0 Å². The lowest BCUT2D eigenvalue weighted by Crippen LogP contribution is -2.61. The molecule has 0 bridgehead atoms. The lowest BCUT2D eigenvalue weighted by molar-refractivity contribution is 0.332. The maximum atomic E-state index is 7.37. The molecule has 0 amide bonds. The highest BCUT2D eigenvalue weighted by Crippen LogP contribution is 2.53. The van der Waals surface area contributed by atoms with Crippen LogP contribution >= 0.6 is 0 Å². The van der Waals surface area contributed by atoms with Gasteiger partial charge in [-0.25, -0.2) is 0 Å². The summed E-state index contributed by atoms with van der Waals surface area (Å²) in [6, 6.07) is 42.7. The highest BCUT2D eigenvalue weighted by atomic mass is 16.3. The molecule has 64 heavy (non-hydrogen) atoms. The summed E-state index contributed by atoms with van der Waals surface area (Å²) in [6.45, 7) is 30.9. The van der Waals surface area contributed by atoms with E-state index in [1.807, 2.05) is 0 Å². The smallest absolute Gasteiger partial charge is 0.297 e. The van der Waals surface area contributed by atoms with E-state index in [4.69, 9.17) is 4.42 Å². The first-order valence-electron chi connectivity index (χ1n) is 24.0. The minimum Gasteiger partial charge on any atom is -0.468 e. The second-order valence-corrected chi connectivity index (χ2v) is 23.7. The Balaban J connectivity index is 1.24. The maximum Gasteiger partial charge on any atom is 0.297 e. The zero-order chi connectivity index (χ0) is 45.0. The van der Waals surface area contributed by atoms with Gasteiger partial charge in [0.2, 0.25) is 0 Å². The first-order chi connectivity index (χ1) is 30.1. The molecule has 2 aliphatic heterocycles. The molecular formula is C60H65BN2O. The SMILES string of the molecule is Cc1cc2c3c(c1)N(c1ccc4c(c1)C(C)(C)CCC4(C)C)c1c(oc4ccc(C(C)(C)C)cc14)B3c1ccc(-c3ccccc3C)cc1N2c1ccc2c(c1)C(C)(C)CCC2(C)C. The van der Waals surface area contributed by atoms with Crippen molar-refractivity contribution < 1.29 is 4.42 Å². The van der Waals surface area contributed by atoms with E-state index in [0.717, 1.165) is 17.7 Å². The van der Waals surface area contributed by atoms with Gasteiger partial charge in [-0.15, -0.1) is 0 Å². The van der Waals surface area contributed by atoms with E-state index >= 15 is 0 Å². The van der Waals surface area contributed by atoms with Crippen LogP contribution in [0.4, 0.5) is 34.1 Å². The van der Waals surface area contributed by atoms with Crippen molar-refractivity contribution >= 4 is 68.4 Å². The van der Waals surface area contributed by atoms with Crippen molar-refractivity contribution in [3.8, 4) is 11.1 Å². The summed E-state index contributed by atoms with van der Waals surface area (Å²) in [4.78, 5) is 5.21. The Hall–Kier alpha value is -5.48. The van der Waals surface area contributed by atoms with Crippen LogP contribution in [0.1, 0.15) is 141 Å². The lowest BCUT2D eigenvalue weighted by Gasteiger charge is -2.45. The van der Waals surface area contributed by atoms with E-state index in [1.165, 1.54) is 120 Å². The first kappa shape index (κ1) is 41.2. The van der Waals surface area contributed by atoms with Crippen LogP contribution in [0.5, 0.6) is 0 Å². The average Bonchev–Trinajstić information content (AvgIpc) is 3.62. The van der Waals surface area contributed by atoms with Crippen LogP contribution in [0.2, 0.25) is 0 Å². The number of hydrogen-bond acceptors (Lipinski definition) is 3. The van der Waals surface area contributed by atoms with Crippen LogP contribution in [0.25, 0.3) is 22.1 Å². The molecule has 7 aromatic rings. The summed E-state index contributed by atoms with van der Waals surface area (Å²) >= 11 is 0. The van der Waals surface area contributed by atoms with Crippen molar-refractivity contribution in [1.29, 1.82) is 0 Å². The van der Waals surface area contributed by atoms with Crippen LogP contribution in [0.15, 0.2) is 114 Å². The number of fused-ring (bicyclic) bond motifs is 8. The van der Waals surface area contributed by atoms with E-state index in [9.17, 15) is 0 Å². The second kappa shape index (κ2) is 13.5. The molecule has 0 radical (unpaired) electrons. The van der Waals surface area contributed by atoms with E-state index in [2.05, 4.69) is 209 Å². The van der Waals surface area contributed by atoms with Crippen LogP contribution in [0, 0.1) is 13.8 Å². The predicted molar refractivity (Wildman–Crippen MR) is 274 cm³/mol. The van der Waals surface area contributed by atoms with Crippen molar-refractivity contribution in [2.75, 3.05) is 9.80 Å². The van der Waals surface area contributed by atoms with Crippen molar-refractivity contribution in [2.45, 2.75) is 143 Å². The molecule has 1 aromatic heterocycles. The van der Waals surface area contributed by atoms with Gasteiger partial charge >= 0.3 is 0 Å². The number of hydrogen-bond donors (Lipinski definition) is 0. The molecule has 0 spiro atoms. The van der Waals surface area contributed by atoms with E-state index in [-0.39, 0.29) is 33.8 Å². The number of aryl methyl sites for hydroxylation is 2. The highest BCUT2D eigenvalue weighted by Gasteiger charge is 2.48. The topological polar surface area (TPSA) is 19.6 Å². The quantitative estimate of drug-likeness (QED) is 0.165. The molecule has 3 nitrogen and oxygen atoms in total. The summed E-state index contributed by atoms with van der Waals surface area (Å²) in [7, 11) is 0. The zero-order valence-electron chi connectivity index (χ0n) is 40.6. The first-order valence-corrected chi connectivity index (χ1v) is 24.0. The molecule has 2 aliphatic carbocycles. The van der Waals surface area contributed by atoms with Crippen molar-refractivity contribution in [1.82, 2.24) is 0 Å². The molecule has 4 aliphatic rings. The number of benzene rings is 6. The van der Waals surface area contributed by atoms with Gasteiger partial charge in [0.25, 0.3) is 6.71 Å². The molecule has 0 unspecified atom stereocenters. The average molecular weight is 841 g/mol. The van der Waals surface area contributed by atoms with Crippen LogP contribution < -0.4 is 26.4 Å². The van der Waals surface area contributed by atoms with Gasteiger partial charge in [0.1, 0.15) is 5.58 Å². The Morgan fingerprint density at radius 3 is 1.70 bits per heavy atom. The number of furan rings is 1. The fourth-order valence-electron chi connectivity index (χ4n) is 12.1. The van der Waals surface area contributed by atoms with Crippen LogP contribution in [0.3, 0.4) is 0 Å². The molecule has 0 fully saturated rings. The van der Waals surface area contributed by atoms with Gasteiger partial charge in [-0.05, 0) is 182 Å². The van der Waals surface area contributed by atoms with Gasteiger partial charge < -0.3 is 14.2 Å². The van der Waals surface area contributed by atoms with Gasteiger partial charge in [0.05, 0.1) is 11.3 Å². The monoisotopic (exact) mass is 841 g/mol. The molecule has 4 heteroatoms. The van der Waals surface area contributed by atoms with E-state index < -0.39 is 0 Å². The molecule has 0 atom stereocenters. The molecule has 0 saturated carbocycles. The van der Waals surface area contributed by atoms with Gasteiger partial charge in [-0.1, -0.05) is 131 Å². The standard InChI is InChI=1S/C60H65BN2O/c1-36-30-50-53-51(31-36)63(41-21-23-45-47(35-41)60(12,13)29-27-58(45,8)9)54-43-33-39(56(3,4)5)19-25-52(43)64-55(54)61(53)48-24-18-38(42-17-15-14-16-37(42)2)32-49(48)62(50)40-20-22-44-46(34-40)59(10,11)28-26-57(44,6)7/h14-25,30-35H,26-29H2,1-13H3. The van der Waals surface area contributed by atoms with Gasteiger partial charge in [-0.2, -0.15) is 0 Å². The van der Waals surface area contributed by atoms with Crippen molar-refractivity contribution in [3.63, 3.8) is 0 Å². The summed E-state index contributed by atoms with van der Waals surface area (Å²) in [5.74, 6) is 0. The second-order valence-electron chi connectivity index (χ2n) is 23.7. The van der Waals surface area contributed by atoms with Gasteiger partial charge in [0.15, 0.2) is 0 Å². The summed E-state index contributed by atoms with van der Waals surface area (Å²) in [5.41, 5.74) is 24.4. The number of rotatable bonds is 3.